The lowest BCUT2D eigenvalue weighted by atomic mass is 10.2. The smallest absolute Gasteiger partial charge is 0.162 e. The summed E-state index contributed by atoms with van der Waals surface area (Å²) in [5.41, 5.74) is 4.06. The summed E-state index contributed by atoms with van der Waals surface area (Å²) in [4.78, 5) is 7.98. The van der Waals surface area contributed by atoms with E-state index in [9.17, 15) is 4.39 Å². The topological polar surface area (TPSA) is 59.2 Å². The van der Waals surface area contributed by atoms with Crippen LogP contribution in [-0.4, -0.2) is 23.6 Å². The van der Waals surface area contributed by atoms with Crippen LogP contribution in [-0.2, 0) is 19.6 Å². The number of hydrogen-bond acceptors (Lipinski definition) is 4. The average Bonchev–Trinajstić information content (AvgIpc) is 3.22. The molecule has 2 N–H and O–H groups in total. The molecule has 1 heterocycles. The summed E-state index contributed by atoms with van der Waals surface area (Å²) in [7, 11) is 1.62. The number of aromatic nitrogens is 2. The van der Waals surface area contributed by atoms with Gasteiger partial charge in [-0.25, -0.2) is 9.37 Å². The molecular formula is C25H25BrFN3O2. The van der Waals surface area contributed by atoms with Crippen LogP contribution in [0.4, 0.5) is 4.39 Å². The van der Waals surface area contributed by atoms with Crippen molar-refractivity contribution in [1.82, 2.24) is 15.3 Å². The maximum atomic E-state index is 13.1. The third kappa shape index (κ3) is 5.66. The molecule has 0 fully saturated rings. The van der Waals surface area contributed by atoms with E-state index in [1.807, 2.05) is 36.4 Å². The molecule has 32 heavy (non-hydrogen) atoms. The van der Waals surface area contributed by atoms with Crippen LogP contribution in [0.25, 0.3) is 11.0 Å². The first-order valence-corrected chi connectivity index (χ1v) is 11.3. The Kier molecular flexibility index (Phi) is 7.39. The minimum Gasteiger partial charge on any atom is -0.493 e. The summed E-state index contributed by atoms with van der Waals surface area (Å²) in [6.07, 6.45) is 1.87. The van der Waals surface area contributed by atoms with E-state index < -0.39 is 0 Å². The molecule has 166 valence electrons. The second-order valence-electron chi connectivity index (χ2n) is 7.49. The Bertz CT molecular complexity index is 1140. The zero-order valence-electron chi connectivity index (χ0n) is 17.8. The van der Waals surface area contributed by atoms with E-state index in [2.05, 4.69) is 31.2 Å². The van der Waals surface area contributed by atoms with Crippen LogP contribution >= 0.6 is 15.9 Å². The Balaban J connectivity index is 1.28. The lowest BCUT2D eigenvalue weighted by molar-refractivity contribution is 0.284. The van der Waals surface area contributed by atoms with Crippen LogP contribution in [0.15, 0.2) is 65.1 Å². The number of rotatable bonds is 10. The minimum absolute atomic E-state index is 0.261. The number of para-hydroxylation sites is 2. The highest BCUT2D eigenvalue weighted by atomic mass is 79.9. The number of imidazole rings is 1. The van der Waals surface area contributed by atoms with Crippen LogP contribution in [0.5, 0.6) is 11.5 Å². The molecule has 0 aliphatic carbocycles. The Morgan fingerprint density at radius 3 is 2.66 bits per heavy atom. The molecule has 4 rings (SSSR count). The number of aromatic amines is 1. The van der Waals surface area contributed by atoms with Crippen molar-refractivity contribution in [2.24, 2.45) is 0 Å². The fraction of sp³-hybridized carbons (Fsp3) is 0.240. The molecule has 1 aromatic heterocycles. The Hall–Kier alpha value is -2.90. The van der Waals surface area contributed by atoms with Gasteiger partial charge < -0.3 is 19.8 Å². The molecule has 7 heteroatoms. The highest BCUT2D eigenvalue weighted by Crippen LogP contribution is 2.34. The molecule has 0 radical (unpaired) electrons. The van der Waals surface area contributed by atoms with Crippen LogP contribution in [0.3, 0.4) is 0 Å². The van der Waals surface area contributed by atoms with Crippen molar-refractivity contribution < 1.29 is 13.9 Å². The van der Waals surface area contributed by atoms with Gasteiger partial charge in [-0.15, -0.1) is 0 Å². The molecule has 5 nitrogen and oxygen atoms in total. The number of nitrogens with zero attached hydrogens (tertiary/aromatic N) is 1. The van der Waals surface area contributed by atoms with Crippen molar-refractivity contribution in [3.63, 3.8) is 0 Å². The van der Waals surface area contributed by atoms with Gasteiger partial charge >= 0.3 is 0 Å². The van der Waals surface area contributed by atoms with Gasteiger partial charge in [0.25, 0.3) is 0 Å². The highest BCUT2D eigenvalue weighted by Gasteiger charge is 2.11. The van der Waals surface area contributed by atoms with E-state index in [0.717, 1.165) is 51.8 Å². The van der Waals surface area contributed by atoms with E-state index in [1.54, 1.807) is 19.2 Å². The third-order valence-corrected chi connectivity index (χ3v) is 5.90. The van der Waals surface area contributed by atoms with Crippen molar-refractivity contribution >= 4 is 27.0 Å². The molecule has 0 atom stereocenters. The van der Waals surface area contributed by atoms with Gasteiger partial charge in [-0.05, 0) is 60.5 Å². The first-order valence-electron chi connectivity index (χ1n) is 10.5. The number of fused-ring (bicyclic) bond motifs is 1. The van der Waals surface area contributed by atoms with Crippen LogP contribution in [0.1, 0.15) is 23.4 Å². The monoisotopic (exact) mass is 497 g/mol. The van der Waals surface area contributed by atoms with Crippen LogP contribution in [0, 0.1) is 5.82 Å². The summed E-state index contributed by atoms with van der Waals surface area (Å²) in [5.74, 6) is 2.05. The van der Waals surface area contributed by atoms with E-state index in [0.29, 0.717) is 24.7 Å². The quantitative estimate of drug-likeness (QED) is 0.273. The number of ether oxygens (including phenoxy) is 2. The maximum Gasteiger partial charge on any atom is 0.162 e. The van der Waals surface area contributed by atoms with Crippen LogP contribution < -0.4 is 14.8 Å². The van der Waals surface area contributed by atoms with Crippen molar-refractivity contribution in [3.05, 3.63) is 87.9 Å². The summed E-state index contributed by atoms with van der Waals surface area (Å²) in [6.45, 7) is 1.91. The number of aryl methyl sites for hydroxylation is 1. The van der Waals surface area contributed by atoms with E-state index in [-0.39, 0.29) is 5.82 Å². The number of halogens is 2. The second kappa shape index (κ2) is 10.6. The van der Waals surface area contributed by atoms with E-state index in [1.165, 1.54) is 12.1 Å². The molecule has 4 aromatic rings. The molecular weight excluding hydrogens is 473 g/mol. The molecule has 3 aromatic carbocycles. The minimum atomic E-state index is -0.261. The van der Waals surface area contributed by atoms with Gasteiger partial charge in [-0.2, -0.15) is 0 Å². The average molecular weight is 498 g/mol. The van der Waals surface area contributed by atoms with Crippen molar-refractivity contribution in [3.8, 4) is 11.5 Å². The maximum absolute atomic E-state index is 13.1. The van der Waals surface area contributed by atoms with Crippen molar-refractivity contribution in [2.45, 2.75) is 26.0 Å². The molecule has 0 aliphatic rings. The third-order valence-electron chi connectivity index (χ3n) is 5.16. The molecule has 0 amide bonds. The van der Waals surface area contributed by atoms with Gasteiger partial charge in [0.2, 0.25) is 0 Å². The molecule has 0 saturated heterocycles. The Morgan fingerprint density at radius 1 is 1.06 bits per heavy atom. The number of hydrogen-bond donors (Lipinski definition) is 2. The highest BCUT2D eigenvalue weighted by molar-refractivity contribution is 9.10. The molecule has 0 unspecified atom stereocenters. The summed E-state index contributed by atoms with van der Waals surface area (Å²) in [5, 5.41) is 3.48. The van der Waals surface area contributed by atoms with Gasteiger partial charge in [-0.1, -0.05) is 40.2 Å². The predicted molar refractivity (Wildman–Crippen MR) is 128 cm³/mol. The van der Waals surface area contributed by atoms with Crippen LogP contribution in [0.2, 0.25) is 0 Å². The normalized spacial score (nSPS) is 11.1. The lowest BCUT2D eigenvalue weighted by Crippen LogP contribution is -2.16. The van der Waals surface area contributed by atoms with Gasteiger partial charge in [0.1, 0.15) is 18.2 Å². The second-order valence-corrected chi connectivity index (χ2v) is 8.34. The zero-order chi connectivity index (χ0) is 22.3. The summed E-state index contributed by atoms with van der Waals surface area (Å²) in [6, 6.07) is 18.2. The summed E-state index contributed by atoms with van der Waals surface area (Å²) >= 11 is 3.63. The van der Waals surface area contributed by atoms with E-state index in [4.69, 9.17) is 9.47 Å². The number of nitrogens with one attached hydrogen (secondary N) is 2. The first-order chi connectivity index (χ1) is 15.6. The summed E-state index contributed by atoms with van der Waals surface area (Å²) < 4.78 is 25.4. The standard InChI is InChI=1S/C25H25BrFN3O2/c1-31-23-13-18(20(26)14-24(23)32-16-17-8-10-19(27)11-9-17)15-28-12-4-7-25-29-21-5-2-3-6-22(21)30-25/h2-3,5-6,8-11,13-14,28H,4,7,12,15-16H2,1H3,(H,29,30). The lowest BCUT2D eigenvalue weighted by Gasteiger charge is -2.14. The van der Waals surface area contributed by atoms with Crippen molar-refractivity contribution in [1.29, 1.82) is 0 Å². The molecule has 0 spiro atoms. The molecule has 0 aliphatic heterocycles. The Labute approximate surface area is 195 Å². The predicted octanol–water partition coefficient (Wildman–Crippen LogP) is 5.77. The largest absolute Gasteiger partial charge is 0.493 e. The zero-order valence-corrected chi connectivity index (χ0v) is 19.4. The number of methoxy groups -OCH3 is 1. The number of benzene rings is 3. The SMILES string of the molecule is COc1cc(CNCCCc2nc3ccccc3[nH]2)c(Br)cc1OCc1ccc(F)cc1. The van der Waals surface area contributed by atoms with Gasteiger partial charge in [0, 0.05) is 17.4 Å². The Morgan fingerprint density at radius 2 is 1.88 bits per heavy atom. The molecule has 0 bridgehead atoms. The van der Waals surface area contributed by atoms with Crippen molar-refractivity contribution in [2.75, 3.05) is 13.7 Å². The molecule has 0 saturated carbocycles. The van der Waals surface area contributed by atoms with E-state index >= 15 is 0 Å². The number of H-pyrrole nitrogens is 1. The fourth-order valence-corrected chi connectivity index (χ4v) is 3.92. The van der Waals surface area contributed by atoms with Gasteiger partial charge in [0.05, 0.1) is 18.1 Å². The fourth-order valence-electron chi connectivity index (χ4n) is 3.45. The first kappa shape index (κ1) is 22.3. The van der Waals surface area contributed by atoms with Gasteiger partial charge in [-0.3, -0.25) is 0 Å². The van der Waals surface area contributed by atoms with Gasteiger partial charge in [0.15, 0.2) is 11.5 Å².